The number of hydrogen-bond donors (Lipinski definition) is 0. The van der Waals surface area contributed by atoms with E-state index in [0.29, 0.717) is 0 Å². The van der Waals surface area contributed by atoms with Crippen LogP contribution >= 0.6 is 17.0 Å². The predicted molar refractivity (Wildman–Crippen MR) is 65.0 cm³/mol. The lowest BCUT2D eigenvalue weighted by atomic mass is 10.3. The molecule has 0 atom stereocenters. The minimum absolute atomic E-state index is 0. The van der Waals surface area contributed by atoms with E-state index < -0.39 is 0 Å². The standard InChI is InChI=1S/C11H14N2.BrH/c1-2-3-8-13-9-12-10-6-4-5-7-11(10)13;/h4-7,9H,2-3,8H2,1H3;1H. The van der Waals surface area contributed by atoms with Crippen molar-refractivity contribution in [2.45, 2.75) is 26.3 Å². The SMILES string of the molecule is Br.CCCCn1cnc2ccccc21. The maximum absolute atomic E-state index is 4.33. The van der Waals surface area contributed by atoms with Crippen LogP contribution < -0.4 is 0 Å². The van der Waals surface area contributed by atoms with Crippen LogP contribution in [-0.2, 0) is 6.54 Å². The number of aromatic nitrogens is 2. The van der Waals surface area contributed by atoms with Crippen molar-refractivity contribution in [2.75, 3.05) is 0 Å². The summed E-state index contributed by atoms with van der Waals surface area (Å²) in [5, 5.41) is 0. The van der Waals surface area contributed by atoms with Gasteiger partial charge in [-0.15, -0.1) is 17.0 Å². The Morgan fingerprint density at radius 3 is 2.86 bits per heavy atom. The van der Waals surface area contributed by atoms with E-state index in [1.165, 1.54) is 18.4 Å². The molecule has 2 nitrogen and oxygen atoms in total. The molecule has 0 radical (unpaired) electrons. The van der Waals surface area contributed by atoms with Gasteiger partial charge in [-0.25, -0.2) is 4.98 Å². The van der Waals surface area contributed by atoms with E-state index in [9.17, 15) is 0 Å². The monoisotopic (exact) mass is 254 g/mol. The van der Waals surface area contributed by atoms with Gasteiger partial charge in [0.25, 0.3) is 0 Å². The summed E-state index contributed by atoms with van der Waals surface area (Å²) in [4.78, 5) is 4.33. The maximum atomic E-state index is 4.33. The highest BCUT2D eigenvalue weighted by Gasteiger charge is 1.99. The molecule has 1 heterocycles. The first kappa shape index (κ1) is 11.2. The number of benzene rings is 1. The summed E-state index contributed by atoms with van der Waals surface area (Å²) in [5.74, 6) is 0. The van der Waals surface area contributed by atoms with Gasteiger partial charge < -0.3 is 4.57 Å². The molecule has 0 bridgehead atoms. The number of halogens is 1. The number of aryl methyl sites for hydroxylation is 1. The van der Waals surface area contributed by atoms with Crippen LogP contribution in [0.25, 0.3) is 11.0 Å². The van der Waals surface area contributed by atoms with Crippen molar-refractivity contribution in [1.82, 2.24) is 9.55 Å². The molecular formula is C11H15BrN2. The first-order chi connectivity index (χ1) is 6.42. The normalized spacial score (nSPS) is 10.1. The quantitative estimate of drug-likeness (QED) is 0.821. The number of hydrogen-bond acceptors (Lipinski definition) is 1. The fourth-order valence-electron chi connectivity index (χ4n) is 1.52. The van der Waals surface area contributed by atoms with Crippen molar-refractivity contribution < 1.29 is 0 Å². The Balaban J connectivity index is 0.000000980. The maximum Gasteiger partial charge on any atom is 0.0958 e. The van der Waals surface area contributed by atoms with E-state index in [-0.39, 0.29) is 17.0 Å². The molecule has 0 aliphatic carbocycles. The van der Waals surface area contributed by atoms with Crippen LogP contribution in [0.2, 0.25) is 0 Å². The Bertz CT molecular complexity index is 395. The highest BCUT2D eigenvalue weighted by Crippen LogP contribution is 2.12. The number of imidazole rings is 1. The Labute approximate surface area is 94.7 Å². The van der Waals surface area contributed by atoms with Gasteiger partial charge in [0.05, 0.1) is 17.4 Å². The third kappa shape index (κ3) is 2.15. The molecule has 2 rings (SSSR count). The van der Waals surface area contributed by atoms with Crippen molar-refractivity contribution in [3.63, 3.8) is 0 Å². The van der Waals surface area contributed by atoms with Crippen LogP contribution in [0.4, 0.5) is 0 Å². The molecule has 76 valence electrons. The highest BCUT2D eigenvalue weighted by atomic mass is 79.9. The van der Waals surface area contributed by atoms with Gasteiger partial charge in [0.15, 0.2) is 0 Å². The number of nitrogens with zero attached hydrogens (tertiary/aromatic N) is 2. The molecule has 0 N–H and O–H groups in total. The summed E-state index contributed by atoms with van der Waals surface area (Å²) in [6.45, 7) is 3.29. The van der Waals surface area contributed by atoms with Gasteiger partial charge >= 0.3 is 0 Å². The number of para-hydroxylation sites is 2. The van der Waals surface area contributed by atoms with Gasteiger partial charge in [0, 0.05) is 6.54 Å². The largest absolute Gasteiger partial charge is 0.331 e. The van der Waals surface area contributed by atoms with Crippen LogP contribution in [0.15, 0.2) is 30.6 Å². The van der Waals surface area contributed by atoms with Crippen LogP contribution in [0.1, 0.15) is 19.8 Å². The Kier molecular flexibility index (Phi) is 4.14. The zero-order valence-corrected chi connectivity index (χ0v) is 10.0. The van der Waals surface area contributed by atoms with Crippen molar-refractivity contribution in [3.05, 3.63) is 30.6 Å². The number of fused-ring (bicyclic) bond motifs is 1. The Hall–Kier alpha value is -0.830. The Morgan fingerprint density at radius 2 is 2.07 bits per heavy atom. The molecule has 0 amide bonds. The lowest BCUT2D eigenvalue weighted by Crippen LogP contribution is -1.94. The first-order valence-electron chi connectivity index (χ1n) is 4.81. The molecule has 0 unspecified atom stereocenters. The van der Waals surface area contributed by atoms with Crippen molar-refractivity contribution in [2.24, 2.45) is 0 Å². The molecule has 0 aliphatic rings. The van der Waals surface area contributed by atoms with E-state index in [1.807, 2.05) is 12.4 Å². The molecule has 1 aromatic carbocycles. The van der Waals surface area contributed by atoms with Gasteiger partial charge in [0.2, 0.25) is 0 Å². The van der Waals surface area contributed by atoms with Crippen LogP contribution in [-0.4, -0.2) is 9.55 Å². The predicted octanol–water partition coefficient (Wildman–Crippen LogP) is 3.41. The van der Waals surface area contributed by atoms with Gasteiger partial charge in [-0.1, -0.05) is 25.5 Å². The lowest BCUT2D eigenvalue weighted by Gasteiger charge is -2.01. The first-order valence-corrected chi connectivity index (χ1v) is 4.81. The topological polar surface area (TPSA) is 17.8 Å². The van der Waals surface area contributed by atoms with Crippen LogP contribution in [0.3, 0.4) is 0 Å². The molecule has 1 aromatic heterocycles. The number of rotatable bonds is 3. The zero-order valence-electron chi connectivity index (χ0n) is 8.31. The summed E-state index contributed by atoms with van der Waals surface area (Å²) >= 11 is 0. The summed E-state index contributed by atoms with van der Waals surface area (Å²) in [7, 11) is 0. The minimum atomic E-state index is 0. The summed E-state index contributed by atoms with van der Waals surface area (Å²) in [5.41, 5.74) is 2.34. The van der Waals surface area contributed by atoms with E-state index in [0.717, 1.165) is 12.1 Å². The molecule has 0 saturated carbocycles. The summed E-state index contributed by atoms with van der Waals surface area (Å²) in [6.07, 6.45) is 4.38. The molecule has 0 spiro atoms. The summed E-state index contributed by atoms with van der Waals surface area (Å²) < 4.78 is 2.22. The second-order valence-electron chi connectivity index (χ2n) is 3.28. The zero-order chi connectivity index (χ0) is 9.10. The van der Waals surface area contributed by atoms with Crippen molar-refractivity contribution >= 4 is 28.0 Å². The van der Waals surface area contributed by atoms with Gasteiger partial charge in [0.1, 0.15) is 0 Å². The second-order valence-corrected chi connectivity index (χ2v) is 3.28. The average molecular weight is 255 g/mol. The highest BCUT2D eigenvalue weighted by molar-refractivity contribution is 8.93. The van der Waals surface area contributed by atoms with E-state index in [1.54, 1.807) is 0 Å². The van der Waals surface area contributed by atoms with Gasteiger partial charge in [-0.2, -0.15) is 0 Å². The Morgan fingerprint density at radius 1 is 1.29 bits per heavy atom. The molecule has 0 fully saturated rings. The third-order valence-electron chi connectivity index (χ3n) is 2.28. The summed E-state index contributed by atoms with van der Waals surface area (Å²) in [6, 6.07) is 8.27. The second kappa shape index (κ2) is 5.15. The van der Waals surface area contributed by atoms with E-state index in [2.05, 4.69) is 34.7 Å². The third-order valence-corrected chi connectivity index (χ3v) is 2.28. The smallest absolute Gasteiger partial charge is 0.0958 e. The van der Waals surface area contributed by atoms with Gasteiger partial charge in [-0.05, 0) is 18.6 Å². The lowest BCUT2D eigenvalue weighted by molar-refractivity contribution is 0.646. The molecule has 0 saturated heterocycles. The van der Waals surface area contributed by atoms with E-state index >= 15 is 0 Å². The fraction of sp³-hybridized carbons (Fsp3) is 0.364. The minimum Gasteiger partial charge on any atom is -0.331 e. The van der Waals surface area contributed by atoms with Crippen molar-refractivity contribution in [3.8, 4) is 0 Å². The number of unbranched alkanes of at least 4 members (excludes halogenated alkanes) is 1. The molecule has 0 aliphatic heterocycles. The average Bonchev–Trinajstić information content (AvgIpc) is 2.58. The molecular weight excluding hydrogens is 240 g/mol. The molecule has 3 heteroatoms. The van der Waals surface area contributed by atoms with Gasteiger partial charge in [-0.3, -0.25) is 0 Å². The molecule has 14 heavy (non-hydrogen) atoms. The van der Waals surface area contributed by atoms with E-state index in [4.69, 9.17) is 0 Å². The fourth-order valence-corrected chi connectivity index (χ4v) is 1.52. The van der Waals surface area contributed by atoms with Crippen molar-refractivity contribution in [1.29, 1.82) is 0 Å². The van der Waals surface area contributed by atoms with Crippen LogP contribution in [0.5, 0.6) is 0 Å². The van der Waals surface area contributed by atoms with Crippen LogP contribution in [0, 0.1) is 0 Å². The molecule has 2 aromatic rings.